The molecule has 0 amide bonds. The van der Waals surface area contributed by atoms with E-state index in [4.69, 9.17) is 9.47 Å². The summed E-state index contributed by atoms with van der Waals surface area (Å²) in [6.45, 7) is 0.951. The molecule has 0 saturated heterocycles. The number of para-hydroxylation sites is 2. The first-order valence-electron chi connectivity index (χ1n) is 8.93. The lowest BCUT2D eigenvalue weighted by Crippen LogP contribution is -2.36. The van der Waals surface area contributed by atoms with Gasteiger partial charge in [-0.25, -0.2) is 0 Å². The molecule has 0 fully saturated rings. The number of ether oxygens (including phenoxy) is 2. The molecule has 3 heteroatoms. The highest BCUT2D eigenvalue weighted by molar-refractivity contribution is 5.58. The summed E-state index contributed by atoms with van der Waals surface area (Å²) >= 11 is 0. The van der Waals surface area contributed by atoms with Gasteiger partial charge in [0.25, 0.3) is 0 Å². The molecular weight excluding hydrogens is 322 g/mol. The average molecular weight is 345 g/mol. The van der Waals surface area contributed by atoms with Crippen molar-refractivity contribution in [3.8, 4) is 11.5 Å². The van der Waals surface area contributed by atoms with Crippen molar-refractivity contribution in [1.29, 1.82) is 0 Å². The first-order chi connectivity index (χ1) is 12.8. The molecule has 1 aliphatic rings. The minimum atomic E-state index is 0.114. The van der Waals surface area contributed by atoms with Crippen molar-refractivity contribution in [2.24, 2.45) is 0 Å². The largest absolute Gasteiger partial charge is 0.497 e. The van der Waals surface area contributed by atoms with E-state index >= 15 is 0 Å². The summed E-state index contributed by atoms with van der Waals surface area (Å²) in [6.07, 6.45) is 0.993. The van der Waals surface area contributed by atoms with Gasteiger partial charge in [0.1, 0.15) is 11.5 Å². The van der Waals surface area contributed by atoms with Gasteiger partial charge in [-0.2, -0.15) is 0 Å². The molecule has 3 nitrogen and oxygen atoms in total. The van der Waals surface area contributed by atoms with Crippen LogP contribution in [0.1, 0.15) is 22.7 Å². The predicted octanol–water partition coefficient (Wildman–Crippen LogP) is 4.86. The third kappa shape index (κ3) is 2.90. The van der Waals surface area contributed by atoms with Gasteiger partial charge in [0.2, 0.25) is 0 Å². The van der Waals surface area contributed by atoms with Crippen LogP contribution in [0.4, 0.5) is 5.69 Å². The smallest absolute Gasteiger partial charge is 0.124 e. The van der Waals surface area contributed by atoms with E-state index < -0.39 is 0 Å². The monoisotopic (exact) mass is 345 g/mol. The van der Waals surface area contributed by atoms with Crippen molar-refractivity contribution >= 4 is 5.69 Å². The van der Waals surface area contributed by atoms with Gasteiger partial charge in [0, 0.05) is 17.8 Å². The lowest BCUT2D eigenvalue weighted by molar-refractivity contribution is 0.405. The minimum Gasteiger partial charge on any atom is -0.497 e. The molecule has 1 heterocycles. The molecule has 3 aromatic rings. The van der Waals surface area contributed by atoms with Crippen molar-refractivity contribution in [3.63, 3.8) is 0 Å². The van der Waals surface area contributed by atoms with Gasteiger partial charge in [0.05, 0.1) is 20.3 Å². The van der Waals surface area contributed by atoms with E-state index in [-0.39, 0.29) is 6.04 Å². The minimum absolute atomic E-state index is 0.114. The van der Waals surface area contributed by atoms with Gasteiger partial charge in [-0.15, -0.1) is 0 Å². The van der Waals surface area contributed by atoms with Crippen molar-refractivity contribution < 1.29 is 9.47 Å². The number of hydrogen-bond donors (Lipinski definition) is 0. The van der Waals surface area contributed by atoms with Crippen LogP contribution in [0, 0.1) is 0 Å². The summed E-state index contributed by atoms with van der Waals surface area (Å²) < 4.78 is 11.1. The Bertz CT molecular complexity index is 892. The van der Waals surface area contributed by atoms with Crippen LogP contribution in [0.15, 0.2) is 72.8 Å². The average Bonchev–Trinajstić information content (AvgIpc) is 2.73. The maximum atomic E-state index is 5.69. The molecule has 1 aliphatic heterocycles. The van der Waals surface area contributed by atoms with Crippen molar-refractivity contribution in [2.45, 2.75) is 12.5 Å². The van der Waals surface area contributed by atoms with Crippen LogP contribution in [0.2, 0.25) is 0 Å². The van der Waals surface area contributed by atoms with Crippen LogP contribution in [-0.4, -0.2) is 20.8 Å². The molecule has 1 atom stereocenters. The first-order valence-corrected chi connectivity index (χ1v) is 8.93. The molecule has 0 aromatic heterocycles. The molecule has 0 aliphatic carbocycles. The second kappa shape index (κ2) is 7.12. The van der Waals surface area contributed by atoms with Crippen LogP contribution >= 0.6 is 0 Å². The number of rotatable bonds is 4. The molecule has 0 saturated carbocycles. The molecule has 132 valence electrons. The normalized spacial score (nSPS) is 16.1. The van der Waals surface area contributed by atoms with Crippen molar-refractivity contribution in [3.05, 3.63) is 89.5 Å². The summed E-state index contributed by atoms with van der Waals surface area (Å²) in [7, 11) is 3.46. The summed E-state index contributed by atoms with van der Waals surface area (Å²) in [4.78, 5) is 2.46. The topological polar surface area (TPSA) is 21.7 Å². The highest BCUT2D eigenvalue weighted by Crippen LogP contribution is 2.42. The van der Waals surface area contributed by atoms with Gasteiger partial charge in [-0.05, 0) is 47.9 Å². The first kappa shape index (κ1) is 16.5. The molecule has 0 radical (unpaired) electrons. The Hall–Kier alpha value is -2.94. The van der Waals surface area contributed by atoms with Gasteiger partial charge < -0.3 is 14.4 Å². The molecular formula is C23H23NO2. The number of benzene rings is 3. The highest BCUT2D eigenvalue weighted by atomic mass is 16.5. The third-order valence-corrected chi connectivity index (χ3v) is 5.10. The van der Waals surface area contributed by atoms with E-state index in [9.17, 15) is 0 Å². The van der Waals surface area contributed by atoms with E-state index in [1.165, 1.54) is 22.4 Å². The summed E-state index contributed by atoms with van der Waals surface area (Å²) in [5.74, 6) is 1.83. The van der Waals surface area contributed by atoms with Gasteiger partial charge >= 0.3 is 0 Å². The fourth-order valence-corrected chi connectivity index (χ4v) is 3.86. The molecule has 0 unspecified atom stereocenters. The standard InChI is InChI=1S/C23H23NO2/c1-25-19-12-13-20-17(16-19)14-15-24(18-8-4-3-5-9-18)23(20)21-10-6-7-11-22(21)26-2/h3-13,16,23H,14-15H2,1-2H3/t23-/m1/s1. The second-order valence-corrected chi connectivity index (χ2v) is 6.49. The lowest BCUT2D eigenvalue weighted by atomic mass is 9.87. The molecule has 0 bridgehead atoms. The molecule has 0 spiro atoms. The number of anilines is 1. The highest BCUT2D eigenvalue weighted by Gasteiger charge is 2.31. The zero-order valence-electron chi connectivity index (χ0n) is 15.2. The second-order valence-electron chi connectivity index (χ2n) is 6.49. The van der Waals surface area contributed by atoms with Gasteiger partial charge in [0.15, 0.2) is 0 Å². The summed E-state index contributed by atoms with van der Waals surface area (Å²) in [5, 5.41) is 0. The van der Waals surface area contributed by atoms with Crippen LogP contribution in [-0.2, 0) is 6.42 Å². The van der Waals surface area contributed by atoms with Gasteiger partial charge in [-0.1, -0.05) is 42.5 Å². The Morgan fingerprint density at radius 2 is 1.58 bits per heavy atom. The fraction of sp³-hybridized carbons (Fsp3) is 0.217. The third-order valence-electron chi connectivity index (χ3n) is 5.10. The predicted molar refractivity (Wildman–Crippen MR) is 105 cm³/mol. The molecule has 0 N–H and O–H groups in total. The molecule has 4 rings (SSSR count). The summed E-state index contributed by atoms with van der Waals surface area (Å²) in [5.41, 5.74) is 5.06. The molecule has 26 heavy (non-hydrogen) atoms. The van der Waals surface area contributed by atoms with Crippen LogP contribution in [0.5, 0.6) is 11.5 Å². The maximum Gasteiger partial charge on any atom is 0.124 e. The van der Waals surface area contributed by atoms with Gasteiger partial charge in [-0.3, -0.25) is 0 Å². The van der Waals surface area contributed by atoms with E-state index in [1.54, 1.807) is 14.2 Å². The zero-order chi connectivity index (χ0) is 17.9. The maximum absolute atomic E-state index is 5.69. The Morgan fingerprint density at radius 1 is 0.808 bits per heavy atom. The lowest BCUT2D eigenvalue weighted by Gasteiger charge is -2.40. The Labute approximate surface area is 154 Å². The van der Waals surface area contributed by atoms with E-state index in [2.05, 4.69) is 65.6 Å². The quantitative estimate of drug-likeness (QED) is 0.674. The Balaban J connectivity index is 1.88. The van der Waals surface area contributed by atoms with Crippen LogP contribution in [0.3, 0.4) is 0 Å². The number of hydrogen-bond acceptors (Lipinski definition) is 3. The number of fused-ring (bicyclic) bond motifs is 1. The zero-order valence-corrected chi connectivity index (χ0v) is 15.2. The van der Waals surface area contributed by atoms with Crippen molar-refractivity contribution in [2.75, 3.05) is 25.7 Å². The van der Waals surface area contributed by atoms with E-state index in [1.807, 2.05) is 12.1 Å². The summed E-state index contributed by atoms with van der Waals surface area (Å²) in [6, 6.07) is 25.4. The number of methoxy groups -OCH3 is 2. The van der Waals surface area contributed by atoms with Crippen molar-refractivity contribution in [1.82, 2.24) is 0 Å². The van der Waals surface area contributed by atoms with Crippen LogP contribution in [0.25, 0.3) is 0 Å². The fourth-order valence-electron chi connectivity index (χ4n) is 3.86. The van der Waals surface area contributed by atoms with E-state index in [0.29, 0.717) is 0 Å². The SMILES string of the molecule is COc1ccc2c(c1)CCN(c1ccccc1)[C@H]2c1ccccc1OC. The van der Waals surface area contributed by atoms with Crippen LogP contribution < -0.4 is 14.4 Å². The Morgan fingerprint density at radius 3 is 2.35 bits per heavy atom. The molecule has 3 aromatic carbocycles. The van der Waals surface area contributed by atoms with E-state index in [0.717, 1.165) is 24.5 Å². The Kier molecular flexibility index (Phi) is 4.53. The number of nitrogens with zero attached hydrogens (tertiary/aromatic N) is 1.